The number of benzene rings is 2. The molecule has 6 nitrogen and oxygen atoms in total. The van der Waals surface area contributed by atoms with Crippen LogP contribution in [0, 0.1) is 25.1 Å². The summed E-state index contributed by atoms with van der Waals surface area (Å²) in [6.07, 6.45) is 0.292. The largest absolute Gasteiger partial charge is 0.478 e. The van der Waals surface area contributed by atoms with Crippen molar-refractivity contribution in [3.63, 3.8) is 0 Å². The Bertz CT molecular complexity index is 1110. The average Bonchev–Trinajstić information content (AvgIpc) is 2.71. The number of carboxylic acid groups (broad SMARTS) is 1. The van der Waals surface area contributed by atoms with Crippen LogP contribution in [0.2, 0.25) is 5.02 Å². The van der Waals surface area contributed by atoms with E-state index in [1.807, 2.05) is 32.9 Å². The highest BCUT2D eigenvalue weighted by molar-refractivity contribution is 6.33. The Hall–Kier alpha value is -2.93. The first kappa shape index (κ1) is 24.7. The Labute approximate surface area is 197 Å². The molecule has 1 aliphatic rings. The SMILES string of the molecule is Cc1cc(C)c(C(=O)O)c(CC(C)(C)C(=O)N2CCN(C(=O)c3ccc(F)cc3Cl)CC2)c1. The second-order valence-electron chi connectivity index (χ2n) is 9.19. The Morgan fingerprint density at radius 3 is 2.21 bits per heavy atom. The molecule has 0 aliphatic carbocycles. The van der Waals surface area contributed by atoms with Gasteiger partial charge < -0.3 is 14.9 Å². The van der Waals surface area contributed by atoms with Crippen molar-refractivity contribution in [2.75, 3.05) is 26.2 Å². The van der Waals surface area contributed by atoms with Crippen LogP contribution >= 0.6 is 11.6 Å². The monoisotopic (exact) mass is 474 g/mol. The molecule has 33 heavy (non-hydrogen) atoms. The first-order chi connectivity index (χ1) is 15.4. The molecule has 0 aromatic heterocycles. The van der Waals surface area contributed by atoms with E-state index in [2.05, 4.69) is 0 Å². The number of hydrogen-bond acceptors (Lipinski definition) is 3. The fourth-order valence-corrected chi connectivity index (χ4v) is 4.67. The third-order valence-electron chi connectivity index (χ3n) is 6.00. The quantitative estimate of drug-likeness (QED) is 0.699. The van der Waals surface area contributed by atoms with Crippen LogP contribution in [0.5, 0.6) is 0 Å². The average molecular weight is 475 g/mol. The second-order valence-corrected chi connectivity index (χ2v) is 9.60. The van der Waals surface area contributed by atoms with Gasteiger partial charge in [0.25, 0.3) is 5.91 Å². The van der Waals surface area contributed by atoms with E-state index in [1.165, 1.54) is 12.1 Å². The van der Waals surface area contributed by atoms with Crippen molar-refractivity contribution in [2.24, 2.45) is 5.41 Å². The summed E-state index contributed by atoms with van der Waals surface area (Å²) in [5.74, 6) is -1.90. The first-order valence-electron chi connectivity index (χ1n) is 10.8. The zero-order valence-corrected chi connectivity index (χ0v) is 20.0. The van der Waals surface area contributed by atoms with Crippen molar-refractivity contribution in [2.45, 2.75) is 34.1 Å². The summed E-state index contributed by atoms with van der Waals surface area (Å²) in [5.41, 5.74) is 1.91. The van der Waals surface area contributed by atoms with Crippen LogP contribution in [0.25, 0.3) is 0 Å². The highest BCUT2D eigenvalue weighted by Crippen LogP contribution is 2.29. The number of halogens is 2. The maximum Gasteiger partial charge on any atom is 0.336 e. The van der Waals surface area contributed by atoms with Gasteiger partial charge in [-0.3, -0.25) is 9.59 Å². The molecule has 0 spiro atoms. The van der Waals surface area contributed by atoms with E-state index in [1.54, 1.807) is 16.7 Å². The van der Waals surface area contributed by atoms with Crippen molar-refractivity contribution >= 4 is 29.4 Å². The van der Waals surface area contributed by atoms with Gasteiger partial charge in [0.2, 0.25) is 5.91 Å². The molecular formula is C25H28ClFN2O4. The summed E-state index contributed by atoms with van der Waals surface area (Å²) in [6.45, 7) is 8.66. The lowest BCUT2D eigenvalue weighted by Crippen LogP contribution is -2.53. The highest BCUT2D eigenvalue weighted by Gasteiger charge is 2.36. The van der Waals surface area contributed by atoms with E-state index in [4.69, 9.17) is 11.6 Å². The molecule has 0 radical (unpaired) electrons. The van der Waals surface area contributed by atoms with Gasteiger partial charge in [0, 0.05) is 31.6 Å². The number of aromatic carboxylic acids is 1. The van der Waals surface area contributed by atoms with Crippen LogP contribution in [0.4, 0.5) is 4.39 Å². The molecule has 2 aromatic carbocycles. The molecule has 8 heteroatoms. The number of nitrogens with zero attached hydrogens (tertiary/aromatic N) is 2. The maximum atomic E-state index is 13.3. The summed E-state index contributed by atoms with van der Waals surface area (Å²) in [4.78, 5) is 41.2. The van der Waals surface area contributed by atoms with Gasteiger partial charge in [0.05, 0.1) is 16.1 Å². The molecule has 0 atom stereocenters. The topological polar surface area (TPSA) is 77.9 Å². The molecule has 3 rings (SSSR count). The van der Waals surface area contributed by atoms with Crippen molar-refractivity contribution < 1.29 is 23.9 Å². The van der Waals surface area contributed by atoms with Gasteiger partial charge in [-0.2, -0.15) is 0 Å². The Kier molecular flexibility index (Phi) is 7.12. The molecule has 2 amide bonds. The lowest BCUT2D eigenvalue weighted by Gasteiger charge is -2.39. The van der Waals surface area contributed by atoms with E-state index >= 15 is 0 Å². The zero-order chi connectivity index (χ0) is 24.5. The molecular weight excluding hydrogens is 447 g/mol. The van der Waals surface area contributed by atoms with Crippen LogP contribution in [0.15, 0.2) is 30.3 Å². The lowest BCUT2D eigenvalue weighted by molar-refractivity contribution is -0.141. The van der Waals surface area contributed by atoms with E-state index in [9.17, 15) is 23.9 Å². The third-order valence-corrected chi connectivity index (χ3v) is 6.32. The normalized spacial score (nSPS) is 14.4. The minimum atomic E-state index is -1.00. The van der Waals surface area contributed by atoms with E-state index in [-0.39, 0.29) is 28.0 Å². The van der Waals surface area contributed by atoms with Crippen LogP contribution < -0.4 is 0 Å². The molecule has 0 unspecified atom stereocenters. The minimum Gasteiger partial charge on any atom is -0.478 e. The molecule has 1 aliphatic heterocycles. The van der Waals surface area contributed by atoms with E-state index < -0.39 is 17.2 Å². The molecule has 1 fully saturated rings. The fraction of sp³-hybridized carbons (Fsp3) is 0.400. The number of hydrogen-bond donors (Lipinski definition) is 1. The minimum absolute atomic E-state index is 0.0577. The van der Waals surface area contributed by atoms with Crippen LogP contribution in [-0.2, 0) is 11.2 Å². The fourth-order valence-electron chi connectivity index (χ4n) is 4.43. The van der Waals surface area contributed by atoms with Crippen molar-refractivity contribution in [1.29, 1.82) is 0 Å². The van der Waals surface area contributed by atoms with Crippen LogP contribution in [-0.4, -0.2) is 58.9 Å². The summed E-state index contributed by atoms with van der Waals surface area (Å²) in [5, 5.41) is 9.73. The molecule has 1 saturated heterocycles. The Morgan fingerprint density at radius 2 is 1.64 bits per heavy atom. The smallest absolute Gasteiger partial charge is 0.336 e. The lowest BCUT2D eigenvalue weighted by atomic mass is 9.81. The van der Waals surface area contributed by atoms with Gasteiger partial charge in [0.1, 0.15) is 5.82 Å². The van der Waals surface area contributed by atoms with Gasteiger partial charge in [-0.05, 0) is 49.6 Å². The summed E-state index contributed by atoms with van der Waals surface area (Å²) < 4.78 is 13.3. The van der Waals surface area contributed by atoms with Gasteiger partial charge in [-0.25, -0.2) is 9.18 Å². The third kappa shape index (κ3) is 5.36. The summed E-state index contributed by atoms with van der Waals surface area (Å²) in [6, 6.07) is 7.32. The molecule has 2 aromatic rings. The number of piperazine rings is 1. The van der Waals surface area contributed by atoms with Gasteiger partial charge >= 0.3 is 5.97 Å². The van der Waals surface area contributed by atoms with E-state index in [0.29, 0.717) is 43.7 Å². The molecule has 176 valence electrons. The second kappa shape index (κ2) is 9.51. The standard InChI is InChI=1S/C25H28ClFN2O4/c1-15-11-16(2)21(23(31)32)17(12-15)14-25(3,4)24(33)29-9-7-28(8-10-29)22(30)19-6-5-18(27)13-20(19)26/h5-6,11-13H,7-10,14H2,1-4H3,(H,31,32). The molecule has 1 N–H and O–H groups in total. The number of carboxylic acids is 1. The van der Waals surface area contributed by atoms with Crippen LogP contribution in [0.3, 0.4) is 0 Å². The van der Waals surface area contributed by atoms with Gasteiger partial charge in [-0.1, -0.05) is 43.1 Å². The number of carbonyl (C=O) groups excluding carboxylic acids is 2. The zero-order valence-electron chi connectivity index (χ0n) is 19.2. The van der Waals surface area contributed by atoms with Crippen molar-refractivity contribution in [1.82, 2.24) is 9.80 Å². The first-order valence-corrected chi connectivity index (χ1v) is 11.2. The van der Waals surface area contributed by atoms with Gasteiger partial charge in [0.15, 0.2) is 0 Å². The number of amides is 2. The number of carbonyl (C=O) groups is 3. The predicted octanol–water partition coefficient (Wildman–Crippen LogP) is 4.35. The Morgan fingerprint density at radius 1 is 1.03 bits per heavy atom. The maximum absolute atomic E-state index is 13.3. The Balaban J connectivity index is 1.70. The number of rotatable bonds is 5. The summed E-state index contributed by atoms with van der Waals surface area (Å²) >= 11 is 6.02. The predicted molar refractivity (Wildman–Crippen MR) is 124 cm³/mol. The molecule has 0 saturated carbocycles. The van der Waals surface area contributed by atoms with Crippen molar-refractivity contribution in [3.05, 3.63) is 69.0 Å². The molecule has 1 heterocycles. The van der Waals surface area contributed by atoms with Gasteiger partial charge in [-0.15, -0.1) is 0 Å². The number of aryl methyl sites for hydroxylation is 2. The van der Waals surface area contributed by atoms with Crippen LogP contribution in [0.1, 0.15) is 51.3 Å². The molecule has 0 bridgehead atoms. The van der Waals surface area contributed by atoms with E-state index in [0.717, 1.165) is 11.6 Å². The highest BCUT2D eigenvalue weighted by atomic mass is 35.5. The van der Waals surface area contributed by atoms with Crippen molar-refractivity contribution in [3.8, 4) is 0 Å². The summed E-state index contributed by atoms with van der Waals surface area (Å²) in [7, 11) is 0.